The maximum absolute atomic E-state index is 12.9. The Hall–Kier alpha value is -4.90. The first-order chi connectivity index (χ1) is 37.2. The van der Waals surface area contributed by atoms with Gasteiger partial charge in [-0.3, -0.25) is 23.4 Å². The van der Waals surface area contributed by atoms with Gasteiger partial charge in [0.25, 0.3) is 0 Å². The summed E-state index contributed by atoms with van der Waals surface area (Å²) in [6.45, 7) is 4.12. The molecule has 76 heavy (non-hydrogen) atoms. The monoisotopic (exact) mass is 1070 g/mol. The van der Waals surface area contributed by atoms with Crippen LogP contribution in [0.2, 0.25) is 0 Å². The van der Waals surface area contributed by atoms with E-state index in [0.717, 1.165) is 128 Å². The fourth-order valence-corrected chi connectivity index (χ4v) is 7.52. The van der Waals surface area contributed by atoms with Gasteiger partial charge < -0.3 is 24.2 Å². The van der Waals surface area contributed by atoms with Gasteiger partial charge in [-0.1, -0.05) is 198 Å². The van der Waals surface area contributed by atoms with Gasteiger partial charge in [0.1, 0.15) is 12.7 Å². The van der Waals surface area contributed by atoms with Crippen molar-refractivity contribution in [2.24, 2.45) is 0 Å². The highest BCUT2D eigenvalue weighted by molar-refractivity contribution is 7.47. The molecule has 0 saturated heterocycles. The molecule has 0 spiro atoms. The molecule has 12 heteroatoms. The molecular formula is C64H99O11P. The summed E-state index contributed by atoms with van der Waals surface area (Å²) in [6.07, 6.45) is 73.7. The lowest BCUT2D eigenvalue weighted by atomic mass is 10.1. The summed E-state index contributed by atoms with van der Waals surface area (Å²) < 4.78 is 39.4. The standard InChI is InChI=1S/C64H99O11P/c1-4-7-10-13-16-19-22-25-28-29-30-31-34-35-38-41-44-47-50-53-62(66)71-57-61(75-64(68)55-52-49-46-43-40-37-33-27-24-21-18-15-12-9-6-3)59-73-76(69,70)72-58-60(56-65)74-63(67)54-51-48-45-42-39-36-32-26-23-20-17-14-11-8-5-2/h7-12,16-21,25-28,30-33,35,38,40,43-44,47,60-61,65H,4-6,13-15,22-24,29,34,36-37,39,41-42,45-46,48-59H2,1-3H3,(H,69,70)/b10-7-,11-8-,12-9-,19-16-,20-17-,21-18-,28-25-,31-30-,32-26-,33-27-,38-35-,43-40-,47-44-. The van der Waals surface area contributed by atoms with Gasteiger partial charge in [-0.25, -0.2) is 4.57 Å². The number of hydrogen-bond donors (Lipinski definition) is 2. The molecule has 11 nitrogen and oxygen atoms in total. The number of esters is 3. The van der Waals surface area contributed by atoms with Gasteiger partial charge in [-0.15, -0.1) is 0 Å². The molecule has 0 amide bonds. The summed E-state index contributed by atoms with van der Waals surface area (Å²) in [5.74, 6) is -1.66. The molecule has 3 unspecified atom stereocenters. The summed E-state index contributed by atoms with van der Waals surface area (Å²) in [6, 6.07) is 0. The van der Waals surface area contributed by atoms with Gasteiger partial charge in [-0.2, -0.15) is 0 Å². The van der Waals surface area contributed by atoms with E-state index in [9.17, 15) is 28.9 Å². The smallest absolute Gasteiger partial charge is 0.462 e. The summed E-state index contributed by atoms with van der Waals surface area (Å²) in [7, 11) is -4.79. The average molecular weight is 1080 g/mol. The van der Waals surface area contributed by atoms with Gasteiger partial charge in [0.2, 0.25) is 0 Å². The molecule has 426 valence electrons. The largest absolute Gasteiger partial charge is 0.472 e. The number of ether oxygens (including phenoxy) is 3. The topological polar surface area (TPSA) is 155 Å². The van der Waals surface area contributed by atoms with Crippen LogP contribution < -0.4 is 0 Å². The fraction of sp³-hybridized carbons (Fsp3) is 0.547. The quantitative estimate of drug-likeness (QED) is 0.0197. The molecule has 0 rings (SSSR count). The second-order valence-electron chi connectivity index (χ2n) is 18.0. The Bertz CT molecular complexity index is 1880. The molecule has 2 N–H and O–H groups in total. The molecule has 0 aliphatic carbocycles. The Labute approximate surface area is 460 Å². The van der Waals surface area contributed by atoms with Gasteiger partial charge in [-0.05, 0) is 128 Å². The highest BCUT2D eigenvalue weighted by atomic mass is 31.2. The van der Waals surface area contributed by atoms with Gasteiger partial charge in [0, 0.05) is 19.3 Å². The Morgan fingerprint density at radius 3 is 1.07 bits per heavy atom. The fourth-order valence-electron chi connectivity index (χ4n) is 6.74. The lowest BCUT2D eigenvalue weighted by Gasteiger charge is -2.21. The van der Waals surface area contributed by atoms with E-state index in [1.54, 1.807) is 0 Å². The van der Waals surface area contributed by atoms with Gasteiger partial charge in [0.05, 0.1) is 19.8 Å². The van der Waals surface area contributed by atoms with Gasteiger partial charge in [0.15, 0.2) is 6.10 Å². The third-order valence-corrected chi connectivity index (χ3v) is 11.9. The summed E-state index contributed by atoms with van der Waals surface area (Å²) in [5.41, 5.74) is 0. The lowest BCUT2D eigenvalue weighted by molar-refractivity contribution is -0.161. The number of carbonyl (C=O) groups is 3. The zero-order valence-corrected chi connectivity index (χ0v) is 47.8. The van der Waals surface area contributed by atoms with E-state index in [2.05, 4.69) is 167 Å². The van der Waals surface area contributed by atoms with E-state index in [4.69, 9.17) is 23.3 Å². The minimum absolute atomic E-state index is 0.0814. The number of hydrogen-bond acceptors (Lipinski definition) is 10. The number of aliphatic hydroxyl groups excluding tert-OH is 1. The van der Waals surface area contributed by atoms with Crippen molar-refractivity contribution in [3.8, 4) is 0 Å². The molecular weight excluding hydrogens is 976 g/mol. The van der Waals surface area contributed by atoms with E-state index < -0.39 is 64.4 Å². The summed E-state index contributed by atoms with van der Waals surface area (Å²) >= 11 is 0. The molecule has 3 atom stereocenters. The Morgan fingerprint density at radius 1 is 0.368 bits per heavy atom. The van der Waals surface area contributed by atoms with Crippen molar-refractivity contribution in [2.75, 3.05) is 26.4 Å². The molecule has 0 bridgehead atoms. The Morgan fingerprint density at radius 2 is 0.671 bits per heavy atom. The first-order valence-electron chi connectivity index (χ1n) is 28.4. The van der Waals surface area contributed by atoms with Crippen molar-refractivity contribution in [3.63, 3.8) is 0 Å². The lowest BCUT2D eigenvalue weighted by Crippen LogP contribution is -2.30. The van der Waals surface area contributed by atoms with Gasteiger partial charge >= 0.3 is 25.7 Å². The van der Waals surface area contributed by atoms with Crippen LogP contribution in [0.5, 0.6) is 0 Å². The van der Waals surface area contributed by atoms with E-state index in [0.29, 0.717) is 19.3 Å². The Balaban J connectivity index is 4.92. The maximum atomic E-state index is 12.9. The van der Waals surface area contributed by atoms with Crippen LogP contribution in [0, 0.1) is 0 Å². The molecule has 0 aliphatic rings. The number of rotatable bonds is 50. The van der Waals surface area contributed by atoms with Crippen molar-refractivity contribution in [3.05, 3.63) is 158 Å². The molecule has 0 aromatic heterocycles. The number of carbonyl (C=O) groups excluding carboxylic acids is 3. The van der Waals surface area contributed by atoms with Crippen LogP contribution in [0.1, 0.15) is 188 Å². The number of phosphoric ester groups is 1. The third kappa shape index (κ3) is 53.9. The number of aliphatic hydroxyl groups is 1. The summed E-state index contributed by atoms with van der Waals surface area (Å²) in [4.78, 5) is 48.5. The number of allylic oxidation sites excluding steroid dienone is 26. The first kappa shape index (κ1) is 71.1. The molecule has 0 fully saturated rings. The van der Waals surface area contributed by atoms with Crippen LogP contribution in [-0.2, 0) is 42.2 Å². The van der Waals surface area contributed by atoms with Crippen LogP contribution in [-0.4, -0.2) is 66.5 Å². The highest BCUT2D eigenvalue weighted by Crippen LogP contribution is 2.43. The van der Waals surface area contributed by atoms with E-state index >= 15 is 0 Å². The number of phosphoric acid groups is 1. The molecule has 0 heterocycles. The van der Waals surface area contributed by atoms with Crippen LogP contribution in [0.4, 0.5) is 0 Å². The third-order valence-electron chi connectivity index (χ3n) is 10.9. The van der Waals surface area contributed by atoms with E-state index in [1.807, 2.05) is 12.2 Å². The van der Waals surface area contributed by atoms with Crippen molar-refractivity contribution in [1.29, 1.82) is 0 Å². The second kappa shape index (κ2) is 56.3. The highest BCUT2D eigenvalue weighted by Gasteiger charge is 2.28. The molecule has 0 aliphatic heterocycles. The van der Waals surface area contributed by atoms with Crippen LogP contribution in [0.15, 0.2) is 158 Å². The van der Waals surface area contributed by atoms with Crippen LogP contribution in [0.3, 0.4) is 0 Å². The molecule has 0 radical (unpaired) electrons. The molecule has 0 saturated carbocycles. The van der Waals surface area contributed by atoms with E-state index in [-0.39, 0.29) is 19.3 Å². The van der Waals surface area contributed by atoms with Crippen molar-refractivity contribution in [1.82, 2.24) is 0 Å². The Kier molecular flexibility index (Phi) is 52.7. The number of unbranched alkanes of at least 4 members (excludes halogenated alkanes) is 7. The second-order valence-corrected chi connectivity index (χ2v) is 19.4. The van der Waals surface area contributed by atoms with Crippen molar-refractivity contribution in [2.45, 2.75) is 200 Å². The minimum atomic E-state index is -4.79. The zero-order chi connectivity index (χ0) is 55.5. The maximum Gasteiger partial charge on any atom is 0.472 e. The predicted molar refractivity (Wildman–Crippen MR) is 315 cm³/mol. The predicted octanol–water partition coefficient (Wildman–Crippen LogP) is 16.9. The van der Waals surface area contributed by atoms with Crippen molar-refractivity contribution >= 4 is 25.7 Å². The minimum Gasteiger partial charge on any atom is -0.462 e. The average Bonchev–Trinajstić information content (AvgIpc) is 3.41. The van der Waals surface area contributed by atoms with Crippen LogP contribution >= 0.6 is 7.82 Å². The summed E-state index contributed by atoms with van der Waals surface area (Å²) in [5, 5.41) is 9.81. The van der Waals surface area contributed by atoms with E-state index in [1.165, 1.54) is 0 Å². The normalized spacial score (nSPS) is 14.5. The zero-order valence-electron chi connectivity index (χ0n) is 46.9. The van der Waals surface area contributed by atoms with Crippen molar-refractivity contribution < 1.29 is 52.2 Å². The first-order valence-corrected chi connectivity index (χ1v) is 29.9. The SMILES string of the molecule is CC/C=C\C/C=C\C/C=C\C/C=C\C/C=C\C/C=C\CCC(=O)OCC(COP(=O)(O)OCC(CO)OC(=O)CCCCCCC/C=C\C/C=C\C/C=C\CC)OC(=O)CCCC/C=C\C/C=C\C/C=C\C/C=C\CC. The molecule has 0 aromatic carbocycles. The molecule has 0 aromatic rings. The van der Waals surface area contributed by atoms with Crippen LogP contribution in [0.25, 0.3) is 0 Å².